The number of nitrogens with zero attached hydrogens (tertiary/aromatic N) is 3. The van der Waals surface area contributed by atoms with Gasteiger partial charge in [-0.05, 0) is 49.7 Å². The molecule has 2 aromatic carbocycles. The van der Waals surface area contributed by atoms with Gasteiger partial charge in [0, 0.05) is 23.4 Å². The van der Waals surface area contributed by atoms with E-state index in [-0.39, 0.29) is 11.9 Å². The van der Waals surface area contributed by atoms with E-state index in [0.717, 1.165) is 11.3 Å². The van der Waals surface area contributed by atoms with Crippen LogP contribution in [-0.2, 0) is 6.54 Å². The van der Waals surface area contributed by atoms with Gasteiger partial charge in [-0.3, -0.25) is 9.48 Å². The summed E-state index contributed by atoms with van der Waals surface area (Å²) in [5.74, 6) is -0.203. The number of aliphatic hydroxyl groups is 1. The number of halogens is 1. The van der Waals surface area contributed by atoms with Crippen LogP contribution in [-0.4, -0.2) is 26.8 Å². The minimum atomic E-state index is -0.626. The highest BCUT2D eigenvalue weighted by Gasteiger charge is 2.13. The zero-order valence-electron chi connectivity index (χ0n) is 16.1. The van der Waals surface area contributed by atoms with Crippen molar-refractivity contribution in [2.75, 3.05) is 0 Å². The van der Waals surface area contributed by atoms with Gasteiger partial charge in [-0.2, -0.15) is 10.4 Å². The number of carbonyl (C=O) groups excluding carboxylic acids is 1. The van der Waals surface area contributed by atoms with Crippen molar-refractivity contribution in [3.63, 3.8) is 0 Å². The summed E-state index contributed by atoms with van der Waals surface area (Å²) in [6, 6.07) is 15.9. The largest absolute Gasteiger partial charge is 0.389 e. The van der Waals surface area contributed by atoms with Crippen LogP contribution in [0.4, 0.5) is 0 Å². The van der Waals surface area contributed by atoms with E-state index in [2.05, 4.69) is 10.4 Å². The van der Waals surface area contributed by atoms with Crippen LogP contribution in [0.25, 0.3) is 11.3 Å². The summed E-state index contributed by atoms with van der Waals surface area (Å²) < 4.78 is 1.75. The third-order valence-corrected chi connectivity index (χ3v) is 4.81. The molecule has 7 heteroatoms. The zero-order valence-corrected chi connectivity index (χ0v) is 16.9. The monoisotopic (exact) mass is 408 g/mol. The van der Waals surface area contributed by atoms with Gasteiger partial charge < -0.3 is 10.4 Å². The molecule has 0 bridgehead atoms. The predicted octanol–water partition coefficient (Wildman–Crippen LogP) is 3.95. The molecule has 0 aliphatic carbocycles. The highest BCUT2D eigenvalue weighted by atomic mass is 35.5. The molecule has 3 aromatic rings. The summed E-state index contributed by atoms with van der Waals surface area (Å²) in [6.45, 7) is 4.05. The molecular formula is C22H21ClN4O2. The molecule has 29 heavy (non-hydrogen) atoms. The maximum absolute atomic E-state index is 12.5. The summed E-state index contributed by atoms with van der Waals surface area (Å²) >= 11 is 6.10. The number of nitriles is 1. The first-order valence-electron chi connectivity index (χ1n) is 9.19. The van der Waals surface area contributed by atoms with Gasteiger partial charge in [0.15, 0.2) is 0 Å². The van der Waals surface area contributed by atoms with E-state index < -0.39 is 6.10 Å². The standard InChI is InChI=1S/C22H21ClN4O2/c1-14(25-22(29)18-5-3-4-16(10-18)15(2)28)13-27-9-8-21(26-27)17-6-7-19(12-24)20(23)11-17/h3-11,14-15,28H,13H2,1-2H3,(H,25,29)/t14-,15?/m0/s1. The van der Waals surface area contributed by atoms with Crippen LogP contribution in [0, 0.1) is 11.3 Å². The Balaban J connectivity index is 1.65. The van der Waals surface area contributed by atoms with Gasteiger partial charge in [0.25, 0.3) is 5.91 Å². The molecule has 2 N–H and O–H groups in total. The average molecular weight is 409 g/mol. The minimum Gasteiger partial charge on any atom is -0.389 e. The van der Waals surface area contributed by atoms with Crippen LogP contribution in [0.3, 0.4) is 0 Å². The van der Waals surface area contributed by atoms with Crippen molar-refractivity contribution in [3.05, 3.63) is 76.4 Å². The van der Waals surface area contributed by atoms with Crippen molar-refractivity contribution in [2.24, 2.45) is 0 Å². The van der Waals surface area contributed by atoms with E-state index in [1.165, 1.54) is 0 Å². The second-order valence-electron chi connectivity index (χ2n) is 6.91. The fourth-order valence-electron chi connectivity index (χ4n) is 2.96. The smallest absolute Gasteiger partial charge is 0.251 e. The summed E-state index contributed by atoms with van der Waals surface area (Å²) in [4.78, 5) is 12.5. The summed E-state index contributed by atoms with van der Waals surface area (Å²) in [5.41, 5.74) is 3.18. The fourth-order valence-corrected chi connectivity index (χ4v) is 3.18. The van der Waals surface area contributed by atoms with E-state index in [9.17, 15) is 9.90 Å². The van der Waals surface area contributed by atoms with E-state index >= 15 is 0 Å². The molecule has 1 unspecified atom stereocenters. The highest BCUT2D eigenvalue weighted by Crippen LogP contribution is 2.24. The van der Waals surface area contributed by atoms with E-state index in [4.69, 9.17) is 16.9 Å². The molecule has 0 aliphatic rings. The molecule has 1 heterocycles. The first kappa shape index (κ1) is 20.6. The van der Waals surface area contributed by atoms with Crippen molar-refractivity contribution in [1.29, 1.82) is 5.26 Å². The lowest BCUT2D eigenvalue weighted by Gasteiger charge is -2.15. The van der Waals surface area contributed by atoms with Gasteiger partial charge in [0.2, 0.25) is 0 Å². The SMILES string of the molecule is CC(O)c1cccc(C(=O)N[C@@H](C)Cn2ccc(-c3ccc(C#N)c(Cl)c3)n2)c1. The molecule has 1 aromatic heterocycles. The maximum atomic E-state index is 12.5. The lowest BCUT2D eigenvalue weighted by molar-refractivity contribution is 0.0935. The molecule has 0 fully saturated rings. The number of rotatable bonds is 6. The van der Waals surface area contributed by atoms with Gasteiger partial charge in [-0.25, -0.2) is 0 Å². The summed E-state index contributed by atoms with van der Waals surface area (Å²) in [7, 11) is 0. The molecule has 3 rings (SSSR count). The fraction of sp³-hybridized carbons (Fsp3) is 0.227. The lowest BCUT2D eigenvalue weighted by Crippen LogP contribution is -2.35. The Hall–Kier alpha value is -3.14. The molecule has 0 saturated heterocycles. The number of carbonyl (C=O) groups is 1. The number of benzene rings is 2. The molecule has 148 valence electrons. The van der Waals surface area contributed by atoms with Crippen LogP contribution >= 0.6 is 11.6 Å². The number of aliphatic hydroxyl groups excluding tert-OH is 1. The number of nitrogens with one attached hydrogen (secondary N) is 1. The van der Waals surface area contributed by atoms with Crippen molar-refractivity contribution in [1.82, 2.24) is 15.1 Å². The highest BCUT2D eigenvalue weighted by molar-refractivity contribution is 6.32. The molecule has 2 atom stereocenters. The molecule has 0 spiro atoms. The Morgan fingerprint density at radius 2 is 2.07 bits per heavy atom. The van der Waals surface area contributed by atoms with Crippen LogP contribution in [0.5, 0.6) is 0 Å². The molecule has 6 nitrogen and oxygen atoms in total. The summed E-state index contributed by atoms with van der Waals surface area (Å²) in [5, 5.41) is 26.5. The van der Waals surface area contributed by atoms with Crippen molar-refractivity contribution in [3.8, 4) is 17.3 Å². The number of hydrogen-bond donors (Lipinski definition) is 2. The van der Waals surface area contributed by atoms with Crippen LogP contribution < -0.4 is 5.32 Å². The van der Waals surface area contributed by atoms with Gasteiger partial charge >= 0.3 is 0 Å². The number of aromatic nitrogens is 2. The van der Waals surface area contributed by atoms with E-state index in [1.807, 2.05) is 25.3 Å². The summed E-state index contributed by atoms with van der Waals surface area (Å²) in [6.07, 6.45) is 1.21. The van der Waals surface area contributed by atoms with Crippen molar-refractivity contribution in [2.45, 2.75) is 32.5 Å². The Kier molecular flexibility index (Phi) is 6.32. The van der Waals surface area contributed by atoms with Gasteiger partial charge in [-0.1, -0.05) is 29.8 Å². The number of amides is 1. The molecule has 0 radical (unpaired) electrons. The minimum absolute atomic E-state index is 0.157. The van der Waals surface area contributed by atoms with Crippen LogP contribution in [0.2, 0.25) is 5.02 Å². The third kappa shape index (κ3) is 5.02. The Morgan fingerprint density at radius 3 is 2.76 bits per heavy atom. The number of hydrogen-bond acceptors (Lipinski definition) is 4. The Labute approximate surface area is 174 Å². The van der Waals surface area contributed by atoms with E-state index in [1.54, 1.807) is 54.1 Å². The Morgan fingerprint density at radius 1 is 1.28 bits per heavy atom. The maximum Gasteiger partial charge on any atom is 0.251 e. The first-order valence-corrected chi connectivity index (χ1v) is 9.57. The third-order valence-electron chi connectivity index (χ3n) is 4.50. The second kappa shape index (κ2) is 8.91. The Bertz CT molecular complexity index is 1070. The van der Waals surface area contributed by atoms with Gasteiger partial charge in [-0.15, -0.1) is 0 Å². The normalized spacial score (nSPS) is 12.8. The van der Waals surface area contributed by atoms with Crippen LogP contribution in [0.15, 0.2) is 54.7 Å². The van der Waals surface area contributed by atoms with Gasteiger partial charge in [0.05, 0.1) is 28.9 Å². The molecule has 1 amide bonds. The van der Waals surface area contributed by atoms with Gasteiger partial charge in [0.1, 0.15) is 6.07 Å². The molecule has 0 aliphatic heterocycles. The quantitative estimate of drug-likeness (QED) is 0.646. The molecule has 0 saturated carbocycles. The lowest BCUT2D eigenvalue weighted by atomic mass is 10.1. The second-order valence-corrected chi connectivity index (χ2v) is 7.31. The van der Waals surface area contributed by atoms with E-state index in [0.29, 0.717) is 28.3 Å². The zero-order chi connectivity index (χ0) is 21.0. The topological polar surface area (TPSA) is 90.9 Å². The predicted molar refractivity (Wildman–Crippen MR) is 111 cm³/mol. The van der Waals surface area contributed by atoms with Crippen molar-refractivity contribution >= 4 is 17.5 Å². The molecular weight excluding hydrogens is 388 g/mol. The first-order chi connectivity index (χ1) is 13.9. The van der Waals surface area contributed by atoms with Crippen molar-refractivity contribution < 1.29 is 9.90 Å². The average Bonchev–Trinajstić information content (AvgIpc) is 3.16. The van der Waals surface area contributed by atoms with Crippen LogP contribution in [0.1, 0.15) is 41.4 Å².